The predicted molar refractivity (Wildman–Crippen MR) is 86.4 cm³/mol. The lowest BCUT2D eigenvalue weighted by atomic mass is 10.1. The molecule has 2 saturated heterocycles. The maximum Gasteiger partial charge on any atom is 0.141 e. The summed E-state index contributed by atoms with van der Waals surface area (Å²) < 4.78 is 13.1. The third kappa shape index (κ3) is 2.78. The van der Waals surface area contributed by atoms with Gasteiger partial charge in [0.15, 0.2) is 0 Å². The maximum absolute atomic E-state index is 13.1. The van der Waals surface area contributed by atoms with Gasteiger partial charge in [0.1, 0.15) is 5.82 Å². The Labute approximate surface area is 136 Å². The van der Waals surface area contributed by atoms with Gasteiger partial charge in [-0.2, -0.15) is 0 Å². The van der Waals surface area contributed by atoms with Crippen molar-refractivity contribution in [3.8, 4) is 0 Å². The van der Waals surface area contributed by atoms with E-state index in [2.05, 4.69) is 22.2 Å². The maximum atomic E-state index is 13.1. The number of nitrogens with zero attached hydrogens (tertiary/aromatic N) is 2. The molecule has 22 heavy (non-hydrogen) atoms. The van der Waals surface area contributed by atoms with Crippen LogP contribution in [0.15, 0.2) is 18.2 Å². The van der Waals surface area contributed by atoms with Crippen LogP contribution in [0.5, 0.6) is 0 Å². The minimum Gasteiger partial charge on any atom is -0.312 e. The minimum absolute atomic E-state index is 0.212. The van der Waals surface area contributed by atoms with Gasteiger partial charge in [0, 0.05) is 38.8 Å². The molecule has 1 aliphatic carbocycles. The third-order valence-corrected chi connectivity index (χ3v) is 5.94. The van der Waals surface area contributed by atoms with Crippen molar-refractivity contribution in [1.29, 1.82) is 0 Å². The Morgan fingerprint density at radius 2 is 1.95 bits per heavy atom. The number of nitrogens with one attached hydrogen (secondary N) is 1. The first-order valence-corrected chi connectivity index (χ1v) is 8.57. The van der Waals surface area contributed by atoms with E-state index in [1.54, 1.807) is 12.1 Å². The van der Waals surface area contributed by atoms with Gasteiger partial charge in [-0.1, -0.05) is 17.7 Å². The van der Waals surface area contributed by atoms with Gasteiger partial charge in [0.25, 0.3) is 0 Å². The molecule has 2 heterocycles. The Kier molecular flexibility index (Phi) is 3.89. The van der Waals surface area contributed by atoms with E-state index in [4.69, 9.17) is 11.6 Å². The summed E-state index contributed by atoms with van der Waals surface area (Å²) in [7, 11) is 2.20. The van der Waals surface area contributed by atoms with Crippen LogP contribution in [0.25, 0.3) is 0 Å². The minimum atomic E-state index is -0.344. The monoisotopic (exact) mass is 323 g/mol. The van der Waals surface area contributed by atoms with Gasteiger partial charge in [-0.05, 0) is 49.0 Å². The lowest BCUT2D eigenvalue weighted by Gasteiger charge is -2.42. The Bertz CT molecular complexity index is 549. The highest BCUT2D eigenvalue weighted by Crippen LogP contribution is 2.52. The van der Waals surface area contributed by atoms with E-state index in [1.165, 1.54) is 32.2 Å². The first-order valence-electron chi connectivity index (χ1n) is 8.19. The smallest absolute Gasteiger partial charge is 0.141 e. The number of piperidine rings is 1. The molecule has 1 aromatic carbocycles. The summed E-state index contributed by atoms with van der Waals surface area (Å²) in [4.78, 5) is 5.08. The zero-order chi connectivity index (χ0) is 15.3. The topological polar surface area (TPSA) is 18.5 Å². The Morgan fingerprint density at radius 1 is 1.23 bits per heavy atom. The predicted octanol–water partition coefficient (Wildman–Crippen LogP) is 2.06. The Balaban J connectivity index is 1.19. The summed E-state index contributed by atoms with van der Waals surface area (Å²) in [6, 6.07) is 5.77. The van der Waals surface area contributed by atoms with Gasteiger partial charge < -0.3 is 10.2 Å². The summed E-state index contributed by atoms with van der Waals surface area (Å²) in [6.45, 7) is 6.91. The van der Waals surface area contributed by atoms with Crippen molar-refractivity contribution in [2.45, 2.75) is 12.6 Å². The molecule has 0 radical (unpaired) electrons. The van der Waals surface area contributed by atoms with Crippen molar-refractivity contribution in [2.75, 3.05) is 39.8 Å². The second kappa shape index (κ2) is 5.75. The molecule has 0 bridgehead atoms. The summed E-state index contributed by atoms with van der Waals surface area (Å²) in [5.74, 6) is 2.29. The van der Waals surface area contributed by atoms with Crippen molar-refractivity contribution in [3.05, 3.63) is 34.6 Å². The van der Waals surface area contributed by atoms with Gasteiger partial charge in [0.2, 0.25) is 0 Å². The van der Waals surface area contributed by atoms with Crippen LogP contribution < -0.4 is 5.32 Å². The molecule has 3 aliphatic rings. The second-order valence-electron chi connectivity index (χ2n) is 7.20. The lowest BCUT2D eigenvalue weighted by molar-refractivity contribution is 0.0579. The van der Waals surface area contributed by atoms with Gasteiger partial charge >= 0.3 is 0 Å². The van der Waals surface area contributed by atoms with Crippen LogP contribution in [0, 0.1) is 23.6 Å². The second-order valence-corrected chi connectivity index (χ2v) is 7.61. The quantitative estimate of drug-likeness (QED) is 0.895. The number of halogens is 2. The summed E-state index contributed by atoms with van der Waals surface area (Å²) >= 11 is 5.81. The SMILES string of the molecule is CN1CC(N2CC3C(CNCc4ccc(F)c(Cl)c4)C3C2)C1. The van der Waals surface area contributed by atoms with E-state index in [0.29, 0.717) is 0 Å². The zero-order valence-corrected chi connectivity index (χ0v) is 13.7. The van der Waals surface area contributed by atoms with Crippen LogP contribution in [-0.4, -0.2) is 55.6 Å². The number of likely N-dealkylation sites (tertiary alicyclic amines) is 2. The van der Waals surface area contributed by atoms with Gasteiger partial charge in [-0.15, -0.1) is 0 Å². The first kappa shape index (κ1) is 14.9. The van der Waals surface area contributed by atoms with Crippen molar-refractivity contribution < 1.29 is 4.39 Å². The fraction of sp³-hybridized carbons (Fsp3) is 0.647. The summed E-state index contributed by atoms with van der Waals surface area (Å²) in [5, 5.41) is 3.72. The molecule has 2 aliphatic heterocycles. The van der Waals surface area contributed by atoms with Crippen LogP contribution in [-0.2, 0) is 6.54 Å². The zero-order valence-electron chi connectivity index (χ0n) is 12.9. The van der Waals surface area contributed by atoms with E-state index < -0.39 is 0 Å². The van der Waals surface area contributed by atoms with Crippen molar-refractivity contribution in [1.82, 2.24) is 15.1 Å². The molecule has 0 amide bonds. The molecule has 1 N–H and O–H groups in total. The molecule has 1 aromatic rings. The fourth-order valence-electron chi connectivity index (χ4n) is 4.21. The number of fused-ring (bicyclic) bond motifs is 1. The standard InChI is InChI=1S/C17H23ClFN3/c1-21-7-12(8-21)22-9-14-13(15(14)10-22)6-20-5-11-2-3-17(19)16(18)4-11/h2-4,12-15,20H,5-10H2,1H3. The lowest BCUT2D eigenvalue weighted by Crippen LogP contribution is -2.57. The van der Waals surface area contributed by atoms with Crippen molar-refractivity contribution >= 4 is 11.6 Å². The van der Waals surface area contributed by atoms with Crippen molar-refractivity contribution in [3.63, 3.8) is 0 Å². The number of benzene rings is 1. The number of rotatable bonds is 5. The Morgan fingerprint density at radius 3 is 2.59 bits per heavy atom. The molecule has 3 nitrogen and oxygen atoms in total. The van der Waals surface area contributed by atoms with E-state index in [9.17, 15) is 4.39 Å². The molecule has 0 aromatic heterocycles. The Hall–Kier alpha value is -0.680. The summed E-state index contributed by atoms with van der Waals surface area (Å²) in [6.07, 6.45) is 0. The largest absolute Gasteiger partial charge is 0.312 e. The van der Waals surface area contributed by atoms with Gasteiger partial charge in [-0.3, -0.25) is 4.90 Å². The first-order chi connectivity index (χ1) is 10.6. The molecule has 0 spiro atoms. The molecule has 2 atom stereocenters. The van der Waals surface area contributed by atoms with Gasteiger partial charge in [-0.25, -0.2) is 4.39 Å². The molecule has 3 fully saturated rings. The molecular formula is C17H23ClFN3. The molecule has 120 valence electrons. The fourth-order valence-corrected chi connectivity index (χ4v) is 4.42. The molecule has 1 saturated carbocycles. The van der Waals surface area contributed by atoms with E-state index in [1.807, 2.05) is 0 Å². The van der Waals surface area contributed by atoms with E-state index in [-0.39, 0.29) is 10.8 Å². The normalized spacial score (nSPS) is 32.0. The highest BCUT2D eigenvalue weighted by molar-refractivity contribution is 6.30. The highest BCUT2D eigenvalue weighted by atomic mass is 35.5. The third-order valence-electron chi connectivity index (χ3n) is 5.65. The van der Waals surface area contributed by atoms with E-state index in [0.717, 1.165) is 42.4 Å². The number of likely N-dealkylation sites (N-methyl/N-ethyl adjacent to an activating group) is 1. The molecule has 2 unspecified atom stereocenters. The summed E-state index contributed by atoms with van der Waals surface area (Å²) in [5.41, 5.74) is 1.05. The average Bonchev–Trinajstić information content (AvgIpc) is 2.92. The highest BCUT2D eigenvalue weighted by Gasteiger charge is 2.56. The van der Waals surface area contributed by atoms with Crippen LogP contribution in [0.4, 0.5) is 4.39 Å². The van der Waals surface area contributed by atoms with Crippen LogP contribution in [0.3, 0.4) is 0 Å². The van der Waals surface area contributed by atoms with Crippen LogP contribution in [0.1, 0.15) is 5.56 Å². The van der Waals surface area contributed by atoms with Crippen LogP contribution >= 0.6 is 11.6 Å². The number of hydrogen-bond donors (Lipinski definition) is 1. The molecule has 4 rings (SSSR count). The molecule has 5 heteroatoms. The van der Waals surface area contributed by atoms with Crippen molar-refractivity contribution in [2.24, 2.45) is 17.8 Å². The number of hydrogen-bond acceptors (Lipinski definition) is 3. The molecular weight excluding hydrogens is 301 g/mol. The van der Waals surface area contributed by atoms with Crippen LogP contribution in [0.2, 0.25) is 5.02 Å². The van der Waals surface area contributed by atoms with E-state index >= 15 is 0 Å². The average molecular weight is 324 g/mol. The van der Waals surface area contributed by atoms with Gasteiger partial charge in [0.05, 0.1) is 5.02 Å².